The fraction of sp³-hybridized carbons (Fsp3) is 0.304. The van der Waals surface area contributed by atoms with Crippen LogP contribution in [-0.4, -0.2) is 23.0 Å². The van der Waals surface area contributed by atoms with Crippen LogP contribution in [0, 0.1) is 6.92 Å². The predicted octanol–water partition coefficient (Wildman–Crippen LogP) is 5.87. The molecule has 32 heavy (non-hydrogen) atoms. The van der Waals surface area contributed by atoms with Crippen molar-refractivity contribution in [3.63, 3.8) is 0 Å². The van der Waals surface area contributed by atoms with Crippen LogP contribution in [0.2, 0.25) is 0 Å². The van der Waals surface area contributed by atoms with Crippen LogP contribution in [0.3, 0.4) is 0 Å². The van der Waals surface area contributed by atoms with Gasteiger partial charge < -0.3 is 20.1 Å². The number of amides is 2. The Bertz CT molecular complexity index is 1180. The van der Waals surface area contributed by atoms with E-state index in [2.05, 4.69) is 20.4 Å². The first kappa shape index (κ1) is 21.7. The van der Waals surface area contributed by atoms with Crippen molar-refractivity contribution in [3.05, 3.63) is 59.9 Å². The molecule has 2 amide bonds. The molecule has 0 fully saturated rings. The van der Waals surface area contributed by atoms with Crippen molar-refractivity contribution < 1.29 is 27.4 Å². The summed E-state index contributed by atoms with van der Waals surface area (Å²) in [5, 5.41) is 7.54. The van der Waals surface area contributed by atoms with Crippen LogP contribution in [0.1, 0.15) is 37.6 Å². The number of rotatable bonds is 3. The first-order valence-corrected chi connectivity index (χ1v) is 10.0. The van der Waals surface area contributed by atoms with Crippen molar-refractivity contribution in [1.82, 2.24) is 10.3 Å². The topological polar surface area (TPSA) is 72.5 Å². The Morgan fingerprint density at radius 3 is 2.75 bits per heavy atom. The van der Waals surface area contributed by atoms with Crippen LogP contribution in [0.5, 0.6) is 11.5 Å². The second kappa shape index (κ2) is 7.89. The molecule has 0 radical (unpaired) electrons. The number of aromatic nitrogens is 1. The Hall–Kier alpha value is -3.49. The van der Waals surface area contributed by atoms with Gasteiger partial charge >= 0.3 is 12.4 Å². The zero-order chi connectivity index (χ0) is 23.1. The van der Waals surface area contributed by atoms with Crippen molar-refractivity contribution in [2.24, 2.45) is 0 Å². The van der Waals surface area contributed by atoms with Crippen molar-refractivity contribution in [2.45, 2.75) is 45.2 Å². The first-order chi connectivity index (χ1) is 15.0. The van der Waals surface area contributed by atoms with Gasteiger partial charge in [-0.25, -0.2) is 4.79 Å². The number of benzene rings is 2. The van der Waals surface area contributed by atoms with E-state index in [1.165, 1.54) is 18.2 Å². The number of aryl methyl sites for hydroxylation is 1. The van der Waals surface area contributed by atoms with Gasteiger partial charge in [0, 0.05) is 40.7 Å². The number of nitrogens with zero attached hydrogens (tertiary/aromatic N) is 1. The third-order valence-electron chi connectivity index (χ3n) is 5.13. The average molecular weight is 445 g/mol. The largest absolute Gasteiger partial charge is 0.573 e. The first-order valence-electron chi connectivity index (χ1n) is 10.0. The lowest BCUT2D eigenvalue weighted by Crippen LogP contribution is -2.42. The van der Waals surface area contributed by atoms with Crippen molar-refractivity contribution >= 4 is 22.5 Å². The van der Waals surface area contributed by atoms with Crippen LogP contribution >= 0.6 is 0 Å². The van der Waals surface area contributed by atoms with Gasteiger partial charge in [0.1, 0.15) is 17.1 Å². The zero-order valence-corrected chi connectivity index (χ0v) is 17.7. The lowest BCUT2D eigenvalue weighted by Gasteiger charge is -2.38. The lowest BCUT2D eigenvalue weighted by atomic mass is 9.89. The van der Waals surface area contributed by atoms with Crippen molar-refractivity contribution in [1.29, 1.82) is 0 Å². The van der Waals surface area contributed by atoms with Gasteiger partial charge in [-0.05, 0) is 45.0 Å². The van der Waals surface area contributed by atoms with E-state index < -0.39 is 24.0 Å². The Balaban J connectivity index is 1.57. The van der Waals surface area contributed by atoms with Gasteiger partial charge in [-0.1, -0.05) is 12.1 Å². The number of nitrogens with one attached hydrogen (secondary N) is 2. The van der Waals surface area contributed by atoms with Crippen LogP contribution in [0.4, 0.5) is 23.7 Å². The second-order valence-corrected chi connectivity index (χ2v) is 8.32. The molecule has 0 aliphatic carbocycles. The molecule has 0 saturated carbocycles. The van der Waals surface area contributed by atoms with Crippen molar-refractivity contribution in [2.75, 3.05) is 5.32 Å². The van der Waals surface area contributed by atoms with Gasteiger partial charge in [0.05, 0.1) is 11.7 Å². The highest BCUT2D eigenvalue weighted by Crippen LogP contribution is 2.42. The number of anilines is 1. The maximum Gasteiger partial charge on any atom is 0.573 e. The normalized spacial score (nSPS) is 17.2. The number of urea groups is 1. The number of hydrogen-bond acceptors (Lipinski definition) is 4. The van der Waals surface area contributed by atoms with Gasteiger partial charge in [0.15, 0.2) is 0 Å². The number of fused-ring (bicyclic) bond motifs is 2. The number of halogens is 3. The molecular weight excluding hydrogens is 423 g/mol. The quantitative estimate of drug-likeness (QED) is 0.529. The molecule has 4 rings (SSSR count). The van der Waals surface area contributed by atoms with Crippen LogP contribution < -0.4 is 20.1 Å². The summed E-state index contributed by atoms with van der Waals surface area (Å²) in [4.78, 5) is 17.1. The van der Waals surface area contributed by atoms with Crippen LogP contribution in [0.15, 0.2) is 48.7 Å². The number of ether oxygens (including phenoxy) is 2. The van der Waals surface area contributed by atoms with Crippen molar-refractivity contribution in [3.8, 4) is 11.5 Å². The molecule has 168 valence electrons. The molecule has 0 bridgehead atoms. The summed E-state index contributed by atoms with van der Waals surface area (Å²) in [6.07, 6.45) is -2.63. The molecule has 1 aliphatic heterocycles. The molecule has 2 N–H and O–H groups in total. The van der Waals surface area contributed by atoms with Crippen LogP contribution in [-0.2, 0) is 0 Å². The molecule has 0 saturated heterocycles. The van der Waals surface area contributed by atoms with E-state index in [-0.39, 0.29) is 11.5 Å². The van der Waals surface area contributed by atoms with E-state index >= 15 is 0 Å². The molecule has 3 aromatic rings. The highest BCUT2D eigenvalue weighted by molar-refractivity contribution is 6.01. The molecule has 2 aromatic carbocycles. The monoisotopic (exact) mass is 445 g/mol. The third kappa shape index (κ3) is 4.87. The Morgan fingerprint density at radius 1 is 1.22 bits per heavy atom. The minimum Gasteiger partial charge on any atom is -0.487 e. The van der Waals surface area contributed by atoms with E-state index in [1.54, 1.807) is 26.1 Å². The second-order valence-electron chi connectivity index (χ2n) is 8.32. The smallest absolute Gasteiger partial charge is 0.487 e. The number of hydrogen-bond donors (Lipinski definition) is 2. The maximum absolute atomic E-state index is 12.8. The fourth-order valence-electron chi connectivity index (χ4n) is 3.86. The molecule has 0 unspecified atom stereocenters. The molecule has 1 atom stereocenters. The summed E-state index contributed by atoms with van der Waals surface area (Å²) in [6, 6.07) is 10.4. The van der Waals surface area contributed by atoms with Crippen LogP contribution in [0.25, 0.3) is 10.8 Å². The van der Waals surface area contributed by atoms with Gasteiger partial charge in [0.25, 0.3) is 0 Å². The average Bonchev–Trinajstić information content (AvgIpc) is 2.66. The molecule has 1 aromatic heterocycles. The number of pyridine rings is 1. The van der Waals surface area contributed by atoms with E-state index in [4.69, 9.17) is 4.74 Å². The summed E-state index contributed by atoms with van der Waals surface area (Å²) in [7, 11) is 0. The van der Waals surface area contributed by atoms with E-state index in [9.17, 15) is 18.0 Å². The zero-order valence-electron chi connectivity index (χ0n) is 17.7. The Kier molecular flexibility index (Phi) is 5.36. The minimum absolute atomic E-state index is 0.236. The molecule has 2 heterocycles. The standard InChI is InChI=1S/C23H22F3N3O3/c1-13-9-17-14(12-27-13)5-4-6-18(17)28-21(30)29-19-11-22(2,3)32-20-10-15(7-8-16(19)20)31-23(24,25)26/h4-10,12,19H,11H2,1-3H3,(H2,28,29,30)/t19-/m1/s1. The molecule has 0 spiro atoms. The van der Waals surface area contributed by atoms with Gasteiger partial charge in [-0.3, -0.25) is 4.98 Å². The summed E-state index contributed by atoms with van der Waals surface area (Å²) in [5.74, 6) is -0.142. The molecular formula is C23H22F3N3O3. The van der Waals surface area contributed by atoms with E-state index in [0.29, 0.717) is 17.7 Å². The number of carbonyl (C=O) groups excluding carboxylic acids is 1. The Labute approximate surface area is 182 Å². The summed E-state index contributed by atoms with van der Waals surface area (Å²) in [6.45, 7) is 5.48. The minimum atomic E-state index is -4.80. The lowest BCUT2D eigenvalue weighted by molar-refractivity contribution is -0.274. The summed E-state index contributed by atoms with van der Waals surface area (Å²) in [5.41, 5.74) is 1.33. The number of carbonyl (C=O) groups is 1. The summed E-state index contributed by atoms with van der Waals surface area (Å²) >= 11 is 0. The highest BCUT2D eigenvalue weighted by Gasteiger charge is 2.36. The Morgan fingerprint density at radius 2 is 2.00 bits per heavy atom. The van der Waals surface area contributed by atoms with Gasteiger partial charge in [0.2, 0.25) is 0 Å². The highest BCUT2D eigenvalue weighted by atomic mass is 19.4. The van der Waals surface area contributed by atoms with Gasteiger partial charge in [-0.15, -0.1) is 13.2 Å². The summed E-state index contributed by atoms with van der Waals surface area (Å²) < 4.78 is 47.6. The molecule has 6 nitrogen and oxygen atoms in total. The van der Waals surface area contributed by atoms with Gasteiger partial charge in [-0.2, -0.15) is 0 Å². The molecule has 9 heteroatoms. The number of alkyl halides is 3. The third-order valence-corrected chi connectivity index (χ3v) is 5.13. The predicted molar refractivity (Wildman–Crippen MR) is 114 cm³/mol. The van der Waals surface area contributed by atoms with E-state index in [1.807, 2.05) is 25.1 Å². The maximum atomic E-state index is 12.8. The SMILES string of the molecule is Cc1cc2c(NC(=O)N[C@@H]3CC(C)(C)Oc4cc(OC(F)(F)F)ccc43)cccc2cn1. The fourth-order valence-corrected chi connectivity index (χ4v) is 3.86. The van der Waals surface area contributed by atoms with E-state index in [0.717, 1.165) is 16.5 Å². The molecule has 1 aliphatic rings.